The van der Waals surface area contributed by atoms with E-state index in [1.807, 2.05) is 29.2 Å². The summed E-state index contributed by atoms with van der Waals surface area (Å²) in [5, 5.41) is 0. The van der Waals surface area contributed by atoms with Gasteiger partial charge in [-0.2, -0.15) is 0 Å². The lowest BCUT2D eigenvalue weighted by Crippen LogP contribution is -2.50. The van der Waals surface area contributed by atoms with Crippen LogP contribution in [0.25, 0.3) is 0 Å². The second kappa shape index (κ2) is 19.5. The van der Waals surface area contributed by atoms with E-state index >= 15 is 0 Å². The van der Waals surface area contributed by atoms with Gasteiger partial charge in [-0.05, 0) is 62.9 Å². The molecule has 0 spiro atoms. The van der Waals surface area contributed by atoms with Gasteiger partial charge >= 0.3 is 0 Å². The molecule has 0 fully saturated rings. The number of rotatable bonds is 21. The van der Waals surface area contributed by atoms with Crippen LogP contribution in [-0.2, 0) is 22.7 Å². The van der Waals surface area contributed by atoms with Crippen molar-refractivity contribution in [2.24, 2.45) is 5.92 Å². The summed E-state index contributed by atoms with van der Waals surface area (Å²) in [6, 6.07) is 12.2. The lowest BCUT2D eigenvalue weighted by atomic mass is 10.0. The van der Waals surface area contributed by atoms with Gasteiger partial charge < -0.3 is 19.1 Å². The highest BCUT2D eigenvalue weighted by Crippen LogP contribution is 2.21. The molecule has 242 valence electrons. The van der Waals surface area contributed by atoms with Crippen LogP contribution in [0.15, 0.2) is 42.6 Å². The highest BCUT2D eigenvalue weighted by atomic mass is 16.5. The summed E-state index contributed by atoms with van der Waals surface area (Å²) in [6.07, 6.45) is 16.4. The molecule has 43 heavy (non-hydrogen) atoms. The van der Waals surface area contributed by atoms with E-state index in [1.54, 1.807) is 12.0 Å². The molecule has 0 N–H and O–H groups in total. The largest absolute Gasteiger partial charge is 0.497 e. The monoisotopic (exact) mass is 595 g/mol. The fourth-order valence-electron chi connectivity index (χ4n) is 5.62. The Hall–Kier alpha value is -2.76. The van der Waals surface area contributed by atoms with Gasteiger partial charge in [-0.1, -0.05) is 97.1 Å². The van der Waals surface area contributed by atoms with Crippen LogP contribution in [0.4, 0.5) is 0 Å². The van der Waals surface area contributed by atoms with Gasteiger partial charge in [-0.3, -0.25) is 9.59 Å². The van der Waals surface area contributed by atoms with Crippen LogP contribution < -0.4 is 4.74 Å². The van der Waals surface area contributed by atoms with Crippen molar-refractivity contribution in [3.8, 4) is 5.75 Å². The summed E-state index contributed by atoms with van der Waals surface area (Å²) in [5.41, 5.74) is 1.82. The van der Waals surface area contributed by atoms with Crippen molar-refractivity contribution in [2.45, 2.75) is 137 Å². The third-order valence-electron chi connectivity index (χ3n) is 8.10. The Kier molecular flexibility index (Phi) is 16.5. The number of ether oxygens (including phenoxy) is 1. The SMILES string of the molecule is CCCCCCCCCCCCCC(=O)N(CC(=O)N(Cc1cccn1Cc1cccc(OC)c1)C(C)(C)C)CC(C)C. The molecule has 0 aliphatic rings. The van der Waals surface area contributed by atoms with Crippen LogP contribution >= 0.6 is 0 Å². The quantitative estimate of drug-likeness (QED) is 0.135. The zero-order chi connectivity index (χ0) is 31.7. The molecule has 0 bridgehead atoms. The smallest absolute Gasteiger partial charge is 0.242 e. The molecule has 6 heteroatoms. The van der Waals surface area contributed by atoms with Gasteiger partial charge in [-0.15, -0.1) is 0 Å². The molecule has 0 saturated carbocycles. The molecule has 0 aliphatic heterocycles. The van der Waals surface area contributed by atoms with Crippen LogP contribution in [-0.4, -0.2) is 51.9 Å². The fraction of sp³-hybridized carbons (Fsp3) is 0.676. The van der Waals surface area contributed by atoms with Gasteiger partial charge in [0, 0.05) is 36.9 Å². The minimum absolute atomic E-state index is 0.00503. The van der Waals surface area contributed by atoms with Crippen LogP contribution in [0.1, 0.15) is 130 Å². The van der Waals surface area contributed by atoms with Gasteiger partial charge in [0.2, 0.25) is 11.8 Å². The fourth-order valence-corrected chi connectivity index (χ4v) is 5.62. The number of amides is 2. The first-order valence-corrected chi connectivity index (χ1v) is 16.9. The second-order valence-electron chi connectivity index (χ2n) is 13.6. The first-order chi connectivity index (χ1) is 20.5. The lowest BCUT2D eigenvalue weighted by Gasteiger charge is -2.38. The van der Waals surface area contributed by atoms with Crippen molar-refractivity contribution in [1.29, 1.82) is 0 Å². The molecule has 0 saturated heterocycles. The van der Waals surface area contributed by atoms with E-state index in [1.165, 1.54) is 57.8 Å². The van der Waals surface area contributed by atoms with E-state index in [-0.39, 0.29) is 23.9 Å². The Morgan fingerprint density at radius 2 is 1.49 bits per heavy atom. The Balaban J connectivity index is 1.93. The standard InChI is InChI=1S/C37H61N3O3/c1-8-9-10-11-12-13-14-15-16-17-18-24-35(41)39(27-31(2)3)30-36(42)40(37(4,5)6)29-33-22-20-25-38(33)28-32-21-19-23-34(26-32)43-7/h19-23,25-26,31H,8-18,24,27-30H2,1-7H3. The summed E-state index contributed by atoms with van der Waals surface area (Å²) in [7, 11) is 1.68. The summed E-state index contributed by atoms with van der Waals surface area (Å²) in [4.78, 5) is 30.9. The molecule has 2 rings (SSSR count). The predicted molar refractivity (Wildman–Crippen MR) is 179 cm³/mol. The number of hydrogen-bond acceptors (Lipinski definition) is 3. The predicted octanol–water partition coefficient (Wildman–Crippen LogP) is 8.86. The number of benzene rings is 1. The lowest BCUT2D eigenvalue weighted by molar-refractivity contribution is -0.144. The van der Waals surface area contributed by atoms with Gasteiger partial charge in [0.15, 0.2) is 0 Å². The Morgan fingerprint density at radius 1 is 0.860 bits per heavy atom. The first kappa shape index (κ1) is 36.4. The number of nitrogens with zero attached hydrogens (tertiary/aromatic N) is 3. The molecular formula is C37H61N3O3. The van der Waals surface area contributed by atoms with E-state index in [9.17, 15) is 9.59 Å². The van der Waals surface area contributed by atoms with Crippen molar-refractivity contribution in [3.05, 3.63) is 53.9 Å². The summed E-state index contributed by atoms with van der Waals surface area (Å²) >= 11 is 0. The Bertz CT molecular complexity index is 1070. The maximum absolute atomic E-state index is 13.8. The molecule has 1 heterocycles. The van der Waals surface area contributed by atoms with Crippen LogP contribution in [0.3, 0.4) is 0 Å². The van der Waals surface area contributed by atoms with Crippen LogP contribution in [0, 0.1) is 5.92 Å². The van der Waals surface area contributed by atoms with Crippen molar-refractivity contribution in [3.63, 3.8) is 0 Å². The van der Waals surface area contributed by atoms with E-state index in [0.717, 1.165) is 29.8 Å². The second-order valence-corrected chi connectivity index (χ2v) is 13.6. The maximum Gasteiger partial charge on any atom is 0.242 e. The molecule has 6 nitrogen and oxygen atoms in total. The zero-order valence-electron chi connectivity index (χ0n) is 28.5. The highest BCUT2D eigenvalue weighted by Gasteiger charge is 2.30. The van der Waals surface area contributed by atoms with Gasteiger partial charge in [0.25, 0.3) is 0 Å². The van der Waals surface area contributed by atoms with Crippen molar-refractivity contribution < 1.29 is 14.3 Å². The third-order valence-corrected chi connectivity index (χ3v) is 8.10. The number of hydrogen-bond donors (Lipinski definition) is 0. The summed E-state index contributed by atoms with van der Waals surface area (Å²) in [5.74, 6) is 1.24. The number of aromatic nitrogens is 1. The molecule has 0 atom stereocenters. The molecule has 1 aromatic heterocycles. The molecule has 0 unspecified atom stereocenters. The molecule has 1 aromatic carbocycles. The van der Waals surface area contributed by atoms with Gasteiger partial charge in [0.1, 0.15) is 5.75 Å². The summed E-state index contributed by atoms with van der Waals surface area (Å²) < 4.78 is 7.58. The van der Waals surface area contributed by atoms with Crippen molar-refractivity contribution in [2.75, 3.05) is 20.2 Å². The van der Waals surface area contributed by atoms with E-state index < -0.39 is 0 Å². The molecular weight excluding hydrogens is 534 g/mol. The average Bonchev–Trinajstić information content (AvgIpc) is 3.39. The van der Waals surface area contributed by atoms with E-state index in [2.05, 4.69) is 64.4 Å². The number of carbonyl (C=O) groups is 2. The Labute approximate surface area is 263 Å². The van der Waals surface area contributed by atoms with Crippen molar-refractivity contribution >= 4 is 11.8 Å². The van der Waals surface area contributed by atoms with Crippen LogP contribution in [0.2, 0.25) is 0 Å². The van der Waals surface area contributed by atoms with Crippen molar-refractivity contribution in [1.82, 2.24) is 14.4 Å². The molecule has 0 aliphatic carbocycles. The first-order valence-electron chi connectivity index (χ1n) is 16.9. The minimum Gasteiger partial charge on any atom is -0.497 e. The average molecular weight is 596 g/mol. The topological polar surface area (TPSA) is 54.8 Å². The third kappa shape index (κ3) is 14.0. The summed E-state index contributed by atoms with van der Waals surface area (Å²) in [6.45, 7) is 14.6. The highest BCUT2D eigenvalue weighted by molar-refractivity contribution is 5.85. The zero-order valence-corrected chi connectivity index (χ0v) is 28.5. The number of methoxy groups -OCH3 is 1. The number of carbonyl (C=O) groups excluding carboxylic acids is 2. The molecule has 2 aromatic rings. The van der Waals surface area contributed by atoms with Gasteiger partial charge in [-0.25, -0.2) is 0 Å². The molecule has 2 amide bonds. The van der Waals surface area contributed by atoms with E-state index in [4.69, 9.17) is 4.74 Å². The maximum atomic E-state index is 13.8. The van der Waals surface area contributed by atoms with Crippen LogP contribution in [0.5, 0.6) is 5.75 Å². The van der Waals surface area contributed by atoms with E-state index in [0.29, 0.717) is 32.0 Å². The minimum atomic E-state index is -0.384. The normalized spacial score (nSPS) is 11.6. The van der Waals surface area contributed by atoms with Gasteiger partial charge in [0.05, 0.1) is 20.2 Å². The molecule has 0 radical (unpaired) electrons. The Morgan fingerprint density at radius 3 is 2.07 bits per heavy atom. The number of unbranched alkanes of at least 4 members (excludes halogenated alkanes) is 10.